The second kappa shape index (κ2) is 10.3. The zero-order valence-corrected chi connectivity index (χ0v) is 15.9. The summed E-state index contributed by atoms with van der Waals surface area (Å²) in [5, 5.41) is 3.00. The van der Waals surface area contributed by atoms with Gasteiger partial charge in [-0.05, 0) is 56.8 Å². The Balaban J connectivity index is 0.00000261. The van der Waals surface area contributed by atoms with Gasteiger partial charge in [0.25, 0.3) is 0 Å². The van der Waals surface area contributed by atoms with Crippen molar-refractivity contribution in [2.24, 2.45) is 5.92 Å². The van der Waals surface area contributed by atoms with Crippen LogP contribution in [0.25, 0.3) is 0 Å². The van der Waals surface area contributed by atoms with Gasteiger partial charge >= 0.3 is 0 Å². The predicted octanol–water partition coefficient (Wildman–Crippen LogP) is 4.69. The number of carbonyl (C=O) groups excluding carboxylic acids is 1. The van der Waals surface area contributed by atoms with Crippen LogP contribution in [0.1, 0.15) is 51.2 Å². The van der Waals surface area contributed by atoms with Gasteiger partial charge in [-0.25, -0.2) is 0 Å². The van der Waals surface area contributed by atoms with Gasteiger partial charge in [-0.2, -0.15) is 0 Å². The molecule has 1 N–H and O–H groups in total. The Morgan fingerprint density at radius 1 is 0.963 bits per heavy atom. The highest BCUT2D eigenvalue weighted by atomic mass is 16.2. The molecule has 2 aromatic rings. The number of hydrogen-bond acceptors (Lipinski definition) is 2. The molecule has 2 aromatic carbocycles. The number of nitrogens with one attached hydrogen (secondary N) is 1. The summed E-state index contributed by atoms with van der Waals surface area (Å²) in [7, 11) is 0. The number of piperidine rings is 1. The molecule has 0 bridgehead atoms. The molecule has 146 valence electrons. The van der Waals surface area contributed by atoms with E-state index in [1.807, 2.05) is 13.8 Å². The Morgan fingerprint density at radius 3 is 1.89 bits per heavy atom. The maximum absolute atomic E-state index is 12.0. The quantitative estimate of drug-likeness (QED) is 0.804. The molecule has 1 aliphatic rings. The average Bonchev–Trinajstić information content (AvgIpc) is 2.64. The predicted molar refractivity (Wildman–Crippen MR) is 114 cm³/mol. The van der Waals surface area contributed by atoms with Gasteiger partial charge < -0.3 is 5.32 Å². The minimum atomic E-state index is 0. The molecular formula is C24H34N2O. The molecule has 0 aromatic heterocycles. The zero-order valence-electron chi connectivity index (χ0n) is 15.9. The molecule has 3 rings (SSSR count). The van der Waals surface area contributed by atoms with Crippen molar-refractivity contribution in [3.8, 4) is 0 Å². The molecule has 1 saturated heterocycles. The van der Waals surface area contributed by atoms with Gasteiger partial charge in [0.05, 0.1) is 6.54 Å². The molecule has 1 aliphatic heterocycles. The fourth-order valence-electron chi connectivity index (χ4n) is 4.07. The number of likely N-dealkylation sites (tertiary alicyclic amines) is 1. The zero-order chi connectivity index (χ0) is 18.4. The number of hydrogen-bond donors (Lipinski definition) is 1. The normalized spacial score (nSPS) is 15.6. The average molecular weight is 367 g/mol. The summed E-state index contributed by atoms with van der Waals surface area (Å²) >= 11 is 0. The van der Waals surface area contributed by atoms with Crippen molar-refractivity contribution in [3.05, 3.63) is 71.8 Å². The molecule has 1 fully saturated rings. The molecule has 27 heavy (non-hydrogen) atoms. The Hall–Kier alpha value is -2.13. The Kier molecular flexibility index (Phi) is 8.05. The van der Waals surface area contributed by atoms with E-state index >= 15 is 0 Å². The smallest absolute Gasteiger partial charge is 0.234 e. The van der Waals surface area contributed by atoms with E-state index in [9.17, 15) is 4.79 Å². The Morgan fingerprint density at radius 2 is 1.44 bits per heavy atom. The van der Waals surface area contributed by atoms with Gasteiger partial charge in [0, 0.05) is 12.0 Å². The van der Waals surface area contributed by atoms with E-state index in [1.54, 1.807) is 0 Å². The highest BCUT2D eigenvalue weighted by Crippen LogP contribution is 2.37. The molecule has 3 heteroatoms. The van der Waals surface area contributed by atoms with E-state index < -0.39 is 0 Å². The maximum atomic E-state index is 12.0. The fraction of sp³-hybridized carbons (Fsp3) is 0.458. The molecule has 1 heterocycles. The minimum absolute atomic E-state index is 0. The van der Waals surface area contributed by atoms with Gasteiger partial charge in [0.2, 0.25) is 5.91 Å². The van der Waals surface area contributed by atoms with Crippen molar-refractivity contribution in [3.63, 3.8) is 0 Å². The molecule has 0 saturated carbocycles. The minimum Gasteiger partial charge on any atom is -0.353 e. The van der Waals surface area contributed by atoms with E-state index in [0.29, 0.717) is 18.4 Å². The van der Waals surface area contributed by atoms with Crippen molar-refractivity contribution in [2.45, 2.75) is 46.1 Å². The highest BCUT2D eigenvalue weighted by molar-refractivity contribution is 5.78. The van der Waals surface area contributed by atoms with Gasteiger partial charge in [-0.15, -0.1) is 0 Å². The van der Waals surface area contributed by atoms with Crippen LogP contribution in [-0.4, -0.2) is 36.5 Å². The van der Waals surface area contributed by atoms with Crippen LogP contribution in [0.2, 0.25) is 0 Å². The van der Waals surface area contributed by atoms with Crippen molar-refractivity contribution >= 4 is 5.91 Å². The van der Waals surface area contributed by atoms with Crippen LogP contribution in [0.3, 0.4) is 0 Å². The summed E-state index contributed by atoms with van der Waals surface area (Å²) in [6, 6.07) is 21.9. The molecule has 0 radical (unpaired) electrons. The summed E-state index contributed by atoms with van der Waals surface area (Å²) in [6.07, 6.45) is 2.26. The lowest BCUT2D eigenvalue weighted by Crippen LogP contribution is -2.43. The molecule has 1 amide bonds. The van der Waals surface area contributed by atoms with Gasteiger partial charge in [0.1, 0.15) is 0 Å². The van der Waals surface area contributed by atoms with E-state index in [0.717, 1.165) is 25.9 Å². The van der Waals surface area contributed by atoms with E-state index in [-0.39, 0.29) is 19.4 Å². The third-order valence-corrected chi connectivity index (χ3v) is 5.24. The molecule has 0 unspecified atom stereocenters. The summed E-state index contributed by atoms with van der Waals surface area (Å²) in [6.45, 7) is 6.52. The second-order valence-corrected chi connectivity index (χ2v) is 7.63. The number of carbonyl (C=O) groups is 1. The number of nitrogens with zero attached hydrogens (tertiary/aromatic N) is 1. The third-order valence-electron chi connectivity index (χ3n) is 5.24. The first-order chi connectivity index (χ1) is 12.6. The number of benzene rings is 2. The highest BCUT2D eigenvalue weighted by Gasteiger charge is 2.29. The van der Waals surface area contributed by atoms with Crippen LogP contribution in [0.5, 0.6) is 0 Å². The third kappa shape index (κ3) is 5.93. The Labute approximate surface area is 164 Å². The van der Waals surface area contributed by atoms with Crippen molar-refractivity contribution < 1.29 is 4.79 Å². The number of rotatable bonds is 6. The Bertz CT molecular complexity index is 637. The van der Waals surface area contributed by atoms with Gasteiger partial charge in [-0.3, -0.25) is 9.69 Å². The van der Waals surface area contributed by atoms with E-state index in [1.165, 1.54) is 11.1 Å². The lowest BCUT2D eigenvalue weighted by Gasteiger charge is -2.36. The molecule has 3 nitrogen and oxygen atoms in total. The van der Waals surface area contributed by atoms with E-state index in [2.05, 4.69) is 70.9 Å². The molecule has 0 atom stereocenters. The van der Waals surface area contributed by atoms with Crippen LogP contribution in [0.15, 0.2) is 60.7 Å². The monoisotopic (exact) mass is 366 g/mol. The van der Waals surface area contributed by atoms with Crippen molar-refractivity contribution in [1.82, 2.24) is 10.2 Å². The SMILES string of the molecule is C.CC(C)NC(=O)CN1CCC(C(c2ccccc2)c2ccccc2)CC1. The maximum Gasteiger partial charge on any atom is 0.234 e. The first-order valence-corrected chi connectivity index (χ1v) is 9.75. The lowest BCUT2D eigenvalue weighted by molar-refractivity contribution is -0.123. The molecule has 0 spiro atoms. The van der Waals surface area contributed by atoms with Crippen LogP contribution >= 0.6 is 0 Å². The van der Waals surface area contributed by atoms with Crippen LogP contribution in [-0.2, 0) is 4.79 Å². The number of amides is 1. The first-order valence-electron chi connectivity index (χ1n) is 9.75. The van der Waals surface area contributed by atoms with Crippen LogP contribution in [0, 0.1) is 5.92 Å². The van der Waals surface area contributed by atoms with Crippen molar-refractivity contribution in [2.75, 3.05) is 19.6 Å². The molecular weight excluding hydrogens is 332 g/mol. The summed E-state index contributed by atoms with van der Waals surface area (Å²) < 4.78 is 0. The first kappa shape index (κ1) is 21.2. The largest absolute Gasteiger partial charge is 0.353 e. The topological polar surface area (TPSA) is 32.3 Å². The second-order valence-electron chi connectivity index (χ2n) is 7.63. The van der Waals surface area contributed by atoms with E-state index in [4.69, 9.17) is 0 Å². The van der Waals surface area contributed by atoms with Crippen LogP contribution in [0.4, 0.5) is 0 Å². The fourth-order valence-corrected chi connectivity index (χ4v) is 4.07. The van der Waals surface area contributed by atoms with Crippen molar-refractivity contribution in [1.29, 1.82) is 0 Å². The summed E-state index contributed by atoms with van der Waals surface area (Å²) in [5.41, 5.74) is 2.80. The molecule has 0 aliphatic carbocycles. The van der Waals surface area contributed by atoms with Gasteiger partial charge in [-0.1, -0.05) is 68.1 Å². The van der Waals surface area contributed by atoms with Crippen LogP contribution < -0.4 is 5.32 Å². The summed E-state index contributed by atoms with van der Waals surface area (Å²) in [4.78, 5) is 14.3. The lowest BCUT2D eigenvalue weighted by atomic mass is 9.76. The van der Waals surface area contributed by atoms with Gasteiger partial charge in [0.15, 0.2) is 0 Å². The standard InChI is InChI=1S/C23H30N2O.CH4/c1-18(2)24-22(26)17-25-15-13-21(14-16-25)23(19-9-5-3-6-10-19)20-11-7-4-8-12-20;/h3-12,18,21,23H,13-17H2,1-2H3,(H,24,26);1H4. The summed E-state index contributed by atoms with van der Waals surface area (Å²) in [5.74, 6) is 1.19.